The molecule has 1 aliphatic rings. The molecule has 3 aromatic rings. The van der Waals surface area contributed by atoms with Crippen molar-refractivity contribution in [3.05, 3.63) is 90.0 Å². The van der Waals surface area contributed by atoms with E-state index in [-0.39, 0.29) is 5.84 Å². The highest BCUT2D eigenvalue weighted by Gasteiger charge is 2.51. The van der Waals surface area contributed by atoms with Crippen LogP contribution in [0.2, 0.25) is 0 Å². The lowest BCUT2D eigenvalue weighted by Gasteiger charge is -2.14. The zero-order valence-corrected chi connectivity index (χ0v) is 20.1. The monoisotopic (exact) mass is 484 g/mol. The third kappa shape index (κ3) is 5.43. The lowest BCUT2D eigenvalue weighted by Crippen LogP contribution is -2.36. The maximum Gasteiger partial charge on any atom is 0.413 e. The van der Waals surface area contributed by atoms with E-state index in [1.54, 1.807) is 13.8 Å². The predicted octanol–water partition coefficient (Wildman–Crippen LogP) is 5.32. The molecule has 36 heavy (non-hydrogen) atoms. The molecule has 0 radical (unpaired) electrons. The number of nitrogens with two attached hydrogens (primary N) is 1. The Labute approximate surface area is 209 Å². The summed E-state index contributed by atoms with van der Waals surface area (Å²) in [4.78, 5) is 28.4. The fourth-order valence-corrected chi connectivity index (χ4v) is 4.00. The number of ether oxygens (including phenoxy) is 1. The summed E-state index contributed by atoms with van der Waals surface area (Å²) in [5, 5.41) is 15.7. The molecule has 0 saturated heterocycles. The maximum absolute atomic E-state index is 12.3. The molecule has 0 heterocycles. The standard InChI is InChI=1S/C28H28N4O4/c1-18(25(32-29)31-27(35)36-19(2)20-6-4-3-5-7-20)30-24-14-10-22(11-15-24)21-8-12-23(13-9-21)28(16-17-28)26(33)34/h3-15,19H,16-17,29H2,1-2H3,(H,33,34)(H,31,32,35). The number of hydrazone groups is 1. The van der Waals surface area contributed by atoms with Crippen LogP contribution < -0.4 is 11.2 Å². The zero-order valence-electron chi connectivity index (χ0n) is 20.1. The second-order valence-electron chi connectivity index (χ2n) is 8.77. The van der Waals surface area contributed by atoms with Gasteiger partial charge in [-0.2, -0.15) is 5.10 Å². The van der Waals surface area contributed by atoms with Crippen molar-refractivity contribution in [2.24, 2.45) is 15.9 Å². The van der Waals surface area contributed by atoms with E-state index in [0.717, 1.165) is 22.3 Å². The molecule has 0 spiro atoms. The summed E-state index contributed by atoms with van der Waals surface area (Å²) < 4.78 is 5.41. The van der Waals surface area contributed by atoms with Crippen molar-refractivity contribution in [1.82, 2.24) is 5.32 Å². The number of carboxylic acids is 1. The van der Waals surface area contributed by atoms with Gasteiger partial charge in [0.05, 0.1) is 16.8 Å². The summed E-state index contributed by atoms with van der Waals surface area (Å²) in [6.45, 7) is 3.47. The fraction of sp³-hybridized carbons (Fsp3) is 0.214. The van der Waals surface area contributed by atoms with Crippen LogP contribution in [0.25, 0.3) is 11.1 Å². The van der Waals surface area contributed by atoms with E-state index in [2.05, 4.69) is 15.4 Å². The SMILES string of the molecule is CC(=Nc1ccc(-c2ccc(C3(C(=O)O)CC3)cc2)cc1)C(=NN)NC(=O)OC(C)c1ccccc1. The molecule has 1 fully saturated rings. The van der Waals surface area contributed by atoms with Crippen LogP contribution in [0, 0.1) is 0 Å². The second kappa shape index (κ2) is 10.4. The molecule has 1 saturated carbocycles. The first kappa shape index (κ1) is 24.7. The molecule has 1 aliphatic carbocycles. The minimum atomic E-state index is -0.762. The van der Waals surface area contributed by atoms with E-state index in [1.165, 1.54) is 0 Å². The number of hydrogen-bond acceptors (Lipinski definition) is 6. The van der Waals surface area contributed by atoms with Gasteiger partial charge in [0.2, 0.25) is 0 Å². The maximum atomic E-state index is 12.3. The molecule has 184 valence electrons. The van der Waals surface area contributed by atoms with Gasteiger partial charge in [0.15, 0.2) is 5.84 Å². The first-order valence-electron chi connectivity index (χ1n) is 11.6. The first-order valence-corrected chi connectivity index (χ1v) is 11.6. The smallest absolute Gasteiger partial charge is 0.413 e. The number of hydrogen-bond donors (Lipinski definition) is 3. The largest absolute Gasteiger partial charge is 0.481 e. The van der Waals surface area contributed by atoms with Crippen LogP contribution in [0.5, 0.6) is 0 Å². The van der Waals surface area contributed by atoms with Gasteiger partial charge >= 0.3 is 12.1 Å². The molecule has 8 nitrogen and oxygen atoms in total. The molecule has 0 bridgehead atoms. The van der Waals surface area contributed by atoms with E-state index in [4.69, 9.17) is 10.6 Å². The van der Waals surface area contributed by atoms with Crippen LogP contribution in [0.4, 0.5) is 10.5 Å². The van der Waals surface area contributed by atoms with Gasteiger partial charge in [0, 0.05) is 0 Å². The molecule has 3 aromatic carbocycles. The number of nitrogens with zero attached hydrogens (tertiary/aromatic N) is 2. The number of aliphatic imine (C=N–C) groups is 1. The van der Waals surface area contributed by atoms with Gasteiger partial charge in [-0.1, -0.05) is 66.7 Å². The molecule has 4 rings (SSSR count). The third-order valence-electron chi connectivity index (χ3n) is 6.34. The topological polar surface area (TPSA) is 126 Å². The number of alkyl carbamates (subject to hydrolysis) is 1. The molecule has 0 aromatic heterocycles. The van der Waals surface area contributed by atoms with Gasteiger partial charge in [0.1, 0.15) is 6.10 Å². The van der Waals surface area contributed by atoms with Gasteiger partial charge in [-0.15, -0.1) is 0 Å². The molecule has 1 atom stereocenters. The number of carbonyl (C=O) groups is 2. The first-order chi connectivity index (χ1) is 17.3. The number of carboxylic acid groups (broad SMARTS) is 1. The van der Waals surface area contributed by atoms with Crippen molar-refractivity contribution in [3.63, 3.8) is 0 Å². The summed E-state index contributed by atoms with van der Waals surface area (Å²) >= 11 is 0. The van der Waals surface area contributed by atoms with Crippen LogP contribution in [0.15, 0.2) is 89.0 Å². The zero-order chi connectivity index (χ0) is 25.7. The Hall–Kier alpha value is -4.46. The highest BCUT2D eigenvalue weighted by atomic mass is 16.6. The van der Waals surface area contributed by atoms with Gasteiger partial charge in [0.25, 0.3) is 0 Å². The van der Waals surface area contributed by atoms with Crippen LogP contribution >= 0.6 is 0 Å². The summed E-state index contributed by atoms with van der Waals surface area (Å²) in [6.07, 6.45) is 0.240. The fourth-order valence-electron chi connectivity index (χ4n) is 4.00. The predicted molar refractivity (Wildman–Crippen MR) is 139 cm³/mol. The molecule has 1 amide bonds. The van der Waals surface area contributed by atoms with Crippen molar-refractivity contribution in [1.29, 1.82) is 0 Å². The van der Waals surface area contributed by atoms with E-state index >= 15 is 0 Å². The quantitative estimate of drug-likeness (QED) is 0.181. The molecular formula is C28H28N4O4. The number of nitrogens with one attached hydrogen (secondary N) is 1. The summed E-state index contributed by atoms with van der Waals surface area (Å²) in [5.74, 6) is 4.83. The third-order valence-corrected chi connectivity index (χ3v) is 6.34. The Morgan fingerprint density at radius 1 is 0.972 bits per heavy atom. The highest BCUT2D eigenvalue weighted by Crippen LogP contribution is 2.48. The lowest BCUT2D eigenvalue weighted by molar-refractivity contribution is -0.140. The Morgan fingerprint density at radius 3 is 2.08 bits per heavy atom. The number of amidine groups is 1. The van der Waals surface area contributed by atoms with Crippen LogP contribution in [-0.2, 0) is 14.9 Å². The Balaban J connectivity index is 1.39. The van der Waals surface area contributed by atoms with E-state index < -0.39 is 23.6 Å². The lowest BCUT2D eigenvalue weighted by atomic mass is 9.94. The highest BCUT2D eigenvalue weighted by molar-refractivity contribution is 6.42. The summed E-state index contributed by atoms with van der Waals surface area (Å²) in [5.41, 5.74) is 4.03. The van der Waals surface area contributed by atoms with Crippen LogP contribution in [-0.4, -0.2) is 28.7 Å². The van der Waals surface area contributed by atoms with Gasteiger partial charge < -0.3 is 15.7 Å². The van der Waals surface area contributed by atoms with Gasteiger partial charge in [-0.05, 0) is 61.1 Å². The Morgan fingerprint density at radius 2 is 1.56 bits per heavy atom. The van der Waals surface area contributed by atoms with Crippen molar-refractivity contribution in [2.75, 3.05) is 0 Å². The summed E-state index contributed by atoms with van der Waals surface area (Å²) in [7, 11) is 0. The number of carbonyl (C=O) groups excluding carboxylic acids is 1. The Kier molecular flexibility index (Phi) is 7.15. The average molecular weight is 485 g/mol. The van der Waals surface area contributed by atoms with E-state index in [9.17, 15) is 14.7 Å². The van der Waals surface area contributed by atoms with Gasteiger partial charge in [-0.25, -0.2) is 9.79 Å². The molecule has 8 heteroatoms. The van der Waals surface area contributed by atoms with Gasteiger partial charge in [-0.3, -0.25) is 10.1 Å². The second-order valence-corrected chi connectivity index (χ2v) is 8.77. The number of amides is 1. The summed E-state index contributed by atoms with van der Waals surface area (Å²) in [6, 6.07) is 24.6. The van der Waals surface area contributed by atoms with Crippen LogP contribution in [0.3, 0.4) is 0 Å². The molecular weight excluding hydrogens is 456 g/mol. The number of aliphatic carboxylic acids is 1. The van der Waals surface area contributed by atoms with Crippen molar-refractivity contribution >= 4 is 29.3 Å². The van der Waals surface area contributed by atoms with E-state index in [0.29, 0.717) is 24.2 Å². The van der Waals surface area contributed by atoms with E-state index in [1.807, 2.05) is 78.9 Å². The van der Waals surface area contributed by atoms with Crippen molar-refractivity contribution in [3.8, 4) is 11.1 Å². The number of rotatable bonds is 7. The minimum absolute atomic E-state index is 0.104. The minimum Gasteiger partial charge on any atom is -0.481 e. The number of benzene rings is 3. The van der Waals surface area contributed by atoms with Crippen LogP contribution in [0.1, 0.15) is 43.9 Å². The molecule has 0 aliphatic heterocycles. The van der Waals surface area contributed by atoms with Crippen molar-refractivity contribution < 1.29 is 19.4 Å². The average Bonchev–Trinajstić information content (AvgIpc) is 3.71. The molecule has 4 N–H and O–H groups in total. The Bertz CT molecular complexity index is 1300. The van der Waals surface area contributed by atoms with Crippen molar-refractivity contribution in [2.45, 2.75) is 38.2 Å². The molecule has 1 unspecified atom stereocenters. The normalized spacial score (nSPS) is 15.6.